The minimum atomic E-state index is -3.60. The summed E-state index contributed by atoms with van der Waals surface area (Å²) in [7, 11) is -3.60. The second-order valence-corrected chi connectivity index (χ2v) is 6.73. The van der Waals surface area contributed by atoms with Gasteiger partial charge in [-0.2, -0.15) is 0 Å². The van der Waals surface area contributed by atoms with Crippen LogP contribution < -0.4 is 4.72 Å². The fourth-order valence-electron chi connectivity index (χ4n) is 1.52. The lowest BCUT2D eigenvalue weighted by atomic mass is 10.2. The summed E-state index contributed by atoms with van der Waals surface area (Å²) in [4.78, 5) is 0.171. The van der Waals surface area contributed by atoms with Crippen molar-refractivity contribution in [3.05, 3.63) is 57.7 Å². The first-order valence-corrected chi connectivity index (χ1v) is 8.06. The van der Waals surface area contributed by atoms with Gasteiger partial charge in [-0.3, -0.25) is 4.72 Å². The zero-order valence-electron chi connectivity index (χ0n) is 9.88. The number of benzene rings is 2. The zero-order valence-corrected chi connectivity index (χ0v) is 12.8. The summed E-state index contributed by atoms with van der Waals surface area (Å²) in [5.74, 6) is 0. The molecule has 0 saturated carbocycles. The van der Waals surface area contributed by atoms with Crippen LogP contribution in [0.5, 0.6) is 0 Å². The summed E-state index contributed by atoms with van der Waals surface area (Å²) in [5.41, 5.74) is 1.22. The molecule has 0 saturated heterocycles. The first-order valence-electron chi connectivity index (χ1n) is 5.50. The monoisotopic (exact) mass is 389 g/mol. The number of aliphatic hydroxyl groups excluding tert-OH is 1. The van der Waals surface area contributed by atoms with E-state index < -0.39 is 10.0 Å². The van der Waals surface area contributed by atoms with Crippen molar-refractivity contribution in [2.45, 2.75) is 11.5 Å². The molecule has 0 heterocycles. The highest BCUT2D eigenvalue weighted by Gasteiger charge is 2.15. The quantitative estimate of drug-likeness (QED) is 0.791. The largest absolute Gasteiger partial charge is 0.392 e. The summed E-state index contributed by atoms with van der Waals surface area (Å²) in [6.07, 6.45) is 0. The van der Waals surface area contributed by atoms with Crippen LogP contribution in [0.4, 0.5) is 5.69 Å². The molecule has 0 fully saturated rings. The molecule has 0 amide bonds. The highest BCUT2D eigenvalue weighted by molar-refractivity contribution is 14.1. The SMILES string of the molecule is O=S(=O)(Nc1ccccc1I)c1ccc(CO)cc1. The maximum Gasteiger partial charge on any atom is 0.261 e. The van der Waals surface area contributed by atoms with Gasteiger partial charge in [0.25, 0.3) is 10.0 Å². The number of aliphatic hydroxyl groups is 1. The van der Waals surface area contributed by atoms with Gasteiger partial charge in [0.05, 0.1) is 17.2 Å². The van der Waals surface area contributed by atoms with Crippen molar-refractivity contribution in [1.29, 1.82) is 0 Å². The number of rotatable bonds is 4. The summed E-state index contributed by atoms with van der Waals surface area (Å²) >= 11 is 2.07. The van der Waals surface area contributed by atoms with Crippen LogP contribution in [0, 0.1) is 3.57 Å². The summed E-state index contributed by atoms with van der Waals surface area (Å²) in [6, 6.07) is 13.3. The third-order valence-electron chi connectivity index (χ3n) is 2.53. The molecular weight excluding hydrogens is 377 g/mol. The van der Waals surface area contributed by atoms with Gasteiger partial charge < -0.3 is 5.11 Å². The van der Waals surface area contributed by atoms with Crippen molar-refractivity contribution in [2.75, 3.05) is 4.72 Å². The van der Waals surface area contributed by atoms with E-state index in [1.165, 1.54) is 12.1 Å². The average Bonchev–Trinajstić information content (AvgIpc) is 2.41. The van der Waals surface area contributed by atoms with Crippen molar-refractivity contribution < 1.29 is 13.5 Å². The van der Waals surface area contributed by atoms with Gasteiger partial charge in [-0.05, 0) is 52.4 Å². The molecule has 0 aliphatic carbocycles. The van der Waals surface area contributed by atoms with E-state index in [0.717, 1.165) is 3.57 Å². The Hall–Kier alpha value is -1.12. The van der Waals surface area contributed by atoms with E-state index in [0.29, 0.717) is 11.3 Å². The van der Waals surface area contributed by atoms with E-state index in [1.54, 1.807) is 24.3 Å². The van der Waals surface area contributed by atoms with Crippen LogP contribution in [0.3, 0.4) is 0 Å². The Kier molecular flexibility index (Phi) is 4.43. The molecule has 0 aromatic heterocycles. The Balaban J connectivity index is 2.30. The fourth-order valence-corrected chi connectivity index (χ4v) is 3.31. The van der Waals surface area contributed by atoms with Gasteiger partial charge in [-0.25, -0.2) is 8.42 Å². The van der Waals surface area contributed by atoms with Crippen LogP contribution in [0.2, 0.25) is 0 Å². The Morgan fingerprint density at radius 2 is 1.68 bits per heavy atom. The normalized spacial score (nSPS) is 11.3. The highest BCUT2D eigenvalue weighted by atomic mass is 127. The second kappa shape index (κ2) is 5.89. The molecule has 0 bridgehead atoms. The molecule has 0 radical (unpaired) electrons. The molecule has 2 aromatic carbocycles. The number of sulfonamides is 1. The van der Waals surface area contributed by atoms with Gasteiger partial charge in [0.1, 0.15) is 0 Å². The van der Waals surface area contributed by atoms with Gasteiger partial charge in [-0.15, -0.1) is 0 Å². The van der Waals surface area contributed by atoms with Crippen LogP contribution in [-0.4, -0.2) is 13.5 Å². The number of hydrogen-bond acceptors (Lipinski definition) is 3. The molecule has 4 nitrogen and oxygen atoms in total. The topological polar surface area (TPSA) is 66.4 Å². The Labute approximate surface area is 125 Å². The van der Waals surface area contributed by atoms with E-state index >= 15 is 0 Å². The highest BCUT2D eigenvalue weighted by Crippen LogP contribution is 2.21. The van der Waals surface area contributed by atoms with E-state index in [4.69, 9.17) is 5.11 Å². The molecule has 2 rings (SSSR count). The molecule has 2 aromatic rings. The van der Waals surface area contributed by atoms with Crippen LogP contribution >= 0.6 is 22.6 Å². The minimum Gasteiger partial charge on any atom is -0.392 e. The fraction of sp³-hybridized carbons (Fsp3) is 0.0769. The van der Waals surface area contributed by atoms with Crippen molar-refractivity contribution >= 4 is 38.3 Å². The lowest BCUT2D eigenvalue weighted by Crippen LogP contribution is -2.13. The third-order valence-corrected chi connectivity index (χ3v) is 4.86. The number of hydrogen-bond donors (Lipinski definition) is 2. The van der Waals surface area contributed by atoms with Gasteiger partial charge >= 0.3 is 0 Å². The van der Waals surface area contributed by atoms with Crippen LogP contribution in [-0.2, 0) is 16.6 Å². The van der Waals surface area contributed by atoms with E-state index in [1.807, 2.05) is 12.1 Å². The van der Waals surface area contributed by atoms with Crippen LogP contribution in [0.15, 0.2) is 53.4 Å². The summed E-state index contributed by atoms with van der Waals surface area (Å²) in [6.45, 7) is -0.107. The molecule has 0 aliphatic rings. The van der Waals surface area contributed by atoms with E-state index in [2.05, 4.69) is 27.3 Å². The lowest BCUT2D eigenvalue weighted by molar-refractivity contribution is 0.282. The molecule has 2 N–H and O–H groups in total. The Bertz CT molecular complexity index is 669. The van der Waals surface area contributed by atoms with Crippen molar-refractivity contribution in [1.82, 2.24) is 0 Å². The molecule has 0 atom stereocenters. The molecule has 19 heavy (non-hydrogen) atoms. The number of nitrogens with one attached hydrogen (secondary N) is 1. The molecule has 0 unspecified atom stereocenters. The standard InChI is InChI=1S/C13H12INO3S/c14-12-3-1-2-4-13(12)15-19(17,18)11-7-5-10(9-16)6-8-11/h1-8,15-16H,9H2. The first kappa shape index (κ1) is 14.3. The smallest absolute Gasteiger partial charge is 0.261 e. The van der Waals surface area contributed by atoms with E-state index in [9.17, 15) is 8.42 Å². The lowest BCUT2D eigenvalue weighted by Gasteiger charge is -2.09. The molecule has 6 heteroatoms. The number of halogens is 1. The minimum absolute atomic E-state index is 0.107. The summed E-state index contributed by atoms with van der Waals surface area (Å²) < 4.78 is 27.7. The Morgan fingerprint density at radius 3 is 2.26 bits per heavy atom. The van der Waals surface area contributed by atoms with Gasteiger partial charge in [0.2, 0.25) is 0 Å². The van der Waals surface area contributed by atoms with Crippen LogP contribution in [0.1, 0.15) is 5.56 Å². The predicted octanol–water partition coefficient (Wildman–Crippen LogP) is 2.58. The van der Waals surface area contributed by atoms with Gasteiger partial charge in [0.15, 0.2) is 0 Å². The summed E-state index contributed by atoms with van der Waals surface area (Å²) in [5, 5.41) is 8.94. The predicted molar refractivity (Wildman–Crippen MR) is 82.3 cm³/mol. The zero-order chi connectivity index (χ0) is 13.9. The van der Waals surface area contributed by atoms with Crippen molar-refractivity contribution in [2.24, 2.45) is 0 Å². The first-order chi connectivity index (χ1) is 9.03. The third kappa shape index (κ3) is 3.46. The maximum atomic E-state index is 12.2. The molecule has 100 valence electrons. The number of para-hydroxylation sites is 1. The van der Waals surface area contributed by atoms with Crippen LogP contribution in [0.25, 0.3) is 0 Å². The van der Waals surface area contributed by atoms with Crippen molar-refractivity contribution in [3.8, 4) is 0 Å². The maximum absolute atomic E-state index is 12.2. The van der Waals surface area contributed by atoms with Gasteiger partial charge in [-0.1, -0.05) is 24.3 Å². The Morgan fingerprint density at radius 1 is 1.05 bits per heavy atom. The molecular formula is C13H12INO3S. The number of anilines is 1. The second-order valence-electron chi connectivity index (χ2n) is 3.89. The molecule has 0 aliphatic heterocycles. The molecule has 0 spiro atoms. The van der Waals surface area contributed by atoms with E-state index in [-0.39, 0.29) is 11.5 Å². The van der Waals surface area contributed by atoms with Gasteiger partial charge in [0, 0.05) is 3.57 Å². The average molecular weight is 389 g/mol. The van der Waals surface area contributed by atoms with Crippen molar-refractivity contribution in [3.63, 3.8) is 0 Å².